The molecule has 0 aliphatic rings. The molecular formula is C19H23NO3. The highest BCUT2D eigenvalue weighted by Gasteiger charge is 2.19. The molecule has 0 aliphatic carbocycles. The first-order chi connectivity index (χ1) is 11.0. The molecule has 0 fully saturated rings. The zero-order valence-corrected chi connectivity index (χ0v) is 14.2. The Kier molecular flexibility index (Phi) is 5.37. The lowest BCUT2D eigenvalue weighted by Crippen LogP contribution is -2.24. The summed E-state index contributed by atoms with van der Waals surface area (Å²) in [5.41, 5.74) is 3.29. The largest absolute Gasteiger partial charge is 0.462 e. The van der Waals surface area contributed by atoms with Crippen LogP contribution in [0, 0.1) is 20.8 Å². The van der Waals surface area contributed by atoms with Gasteiger partial charge in [-0.2, -0.15) is 0 Å². The van der Waals surface area contributed by atoms with E-state index in [2.05, 4.69) is 0 Å². The highest BCUT2D eigenvalue weighted by molar-refractivity contribution is 5.90. The Morgan fingerprint density at radius 3 is 2.57 bits per heavy atom. The van der Waals surface area contributed by atoms with Crippen molar-refractivity contribution in [3.8, 4) is 5.69 Å². The second kappa shape index (κ2) is 7.27. The molecule has 0 radical (unpaired) electrons. The Morgan fingerprint density at radius 2 is 1.91 bits per heavy atom. The number of unbranched alkanes of at least 4 members (excludes halogenated alkanes) is 1. The van der Waals surface area contributed by atoms with Crippen molar-refractivity contribution in [3.05, 3.63) is 63.1 Å². The molecule has 0 amide bonds. The smallest absolute Gasteiger partial charge is 0.343 e. The standard InChI is InChI=1S/C19H23NO3/c1-5-6-10-23-19(22)18-15(4)20(14(3)12-17(18)21)16-9-7-8-13(2)11-16/h7-9,11-12H,5-6,10H2,1-4H3. The molecule has 1 aromatic heterocycles. The van der Waals surface area contributed by atoms with Gasteiger partial charge in [0.15, 0.2) is 5.43 Å². The molecule has 0 atom stereocenters. The second-order valence-electron chi connectivity index (χ2n) is 5.77. The summed E-state index contributed by atoms with van der Waals surface area (Å²) in [7, 11) is 0. The lowest BCUT2D eigenvalue weighted by molar-refractivity contribution is 0.0496. The zero-order valence-electron chi connectivity index (χ0n) is 14.2. The van der Waals surface area contributed by atoms with E-state index >= 15 is 0 Å². The van der Waals surface area contributed by atoms with Crippen LogP contribution in [0.3, 0.4) is 0 Å². The van der Waals surface area contributed by atoms with E-state index in [1.54, 1.807) is 6.92 Å². The average molecular weight is 313 g/mol. The number of nitrogens with zero attached hydrogens (tertiary/aromatic N) is 1. The van der Waals surface area contributed by atoms with Crippen LogP contribution in [0.25, 0.3) is 5.69 Å². The van der Waals surface area contributed by atoms with Crippen LogP contribution in [0.4, 0.5) is 0 Å². The number of aromatic nitrogens is 1. The summed E-state index contributed by atoms with van der Waals surface area (Å²) in [6.45, 7) is 8.02. The lowest BCUT2D eigenvalue weighted by atomic mass is 10.1. The molecule has 0 unspecified atom stereocenters. The monoisotopic (exact) mass is 313 g/mol. The number of carbonyl (C=O) groups is 1. The first-order valence-electron chi connectivity index (χ1n) is 7.93. The molecule has 0 saturated heterocycles. The van der Waals surface area contributed by atoms with E-state index in [0.717, 1.165) is 29.8 Å². The van der Waals surface area contributed by atoms with E-state index in [1.807, 2.05) is 49.6 Å². The maximum Gasteiger partial charge on any atom is 0.343 e. The number of hydrogen-bond donors (Lipinski definition) is 0. The van der Waals surface area contributed by atoms with Crippen molar-refractivity contribution >= 4 is 5.97 Å². The maximum absolute atomic E-state index is 12.3. The molecule has 1 heterocycles. The molecule has 2 aromatic rings. The summed E-state index contributed by atoms with van der Waals surface area (Å²) in [6.07, 6.45) is 1.73. The summed E-state index contributed by atoms with van der Waals surface area (Å²) in [6, 6.07) is 9.45. The summed E-state index contributed by atoms with van der Waals surface area (Å²) >= 11 is 0. The van der Waals surface area contributed by atoms with Crippen molar-refractivity contribution in [3.63, 3.8) is 0 Å². The predicted octanol–water partition coefficient (Wildman–Crippen LogP) is 3.72. The summed E-state index contributed by atoms with van der Waals surface area (Å²) in [5.74, 6) is -0.539. The molecule has 0 N–H and O–H groups in total. The number of rotatable bonds is 5. The van der Waals surface area contributed by atoms with Crippen LogP contribution in [0.2, 0.25) is 0 Å². The lowest BCUT2D eigenvalue weighted by Gasteiger charge is -2.17. The maximum atomic E-state index is 12.3. The number of esters is 1. The first-order valence-corrected chi connectivity index (χ1v) is 7.93. The van der Waals surface area contributed by atoms with Crippen molar-refractivity contribution in [1.82, 2.24) is 4.57 Å². The minimum atomic E-state index is -0.539. The third-order valence-electron chi connectivity index (χ3n) is 3.83. The van der Waals surface area contributed by atoms with Gasteiger partial charge in [-0.1, -0.05) is 25.5 Å². The number of carbonyl (C=O) groups excluding carboxylic acids is 1. The third kappa shape index (κ3) is 3.70. The van der Waals surface area contributed by atoms with E-state index in [1.165, 1.54) is 6.07 Å². The molecule has 0 bridgehead atoms. The Morgan fingerprint density at radius 1 is 1.17 bits per heavy atom. The number of benzene rings is 1. The molecule has 1 aromatic carbocycles. The van der Waals surface area contributed by atoms with E-state index in [4.69, 9.17) is 4.74 Å². The quantitative estimate of drug-likeness (QED) is 0.624. The average Bonchev–Trinajstić information content (AvgIpc) is 2.47. The topological polar surface area (TPSA) is 48.3 Å². The van der Waals surface area contributed by atoms with Crippen molar-refractivity contribution in [2.75, 3.05) is 6.61 Å². The molecule has 2 rings (SSSR count). The predicted molar refractivity (Wildman–Crippen MR) is 91.4 cm³/mol. The van der Waals surface area contributed by atoms with Gasteiger partial charge in [-0.25, -0.2) is 4.79 Å². The fourth-order valence-electron chi connectivity index (χ4n) is 2.68. The molecule has 4 heteroatoms. The molecule has 4 nitrogen and oxygen atoms in total. The van der Waals surface area contributed by atoms with Crippen LogP contribution in [-0.2, 0) is 4.74 Å². The van der Waals surface area contributed by atoms with Gasteiger partial charge in [0.2, 0.25) is 0 Å². The van der Waals surface area contributed by atoms with E-state index in [-0.39, 0.29) is 11.0 Å². The van der Waals surface area contributed by atoms with E-state index in [0.29, 0.717) is 12.3 Å². The fraction of sp³-hybridized carbons (Fsp3) is 0.368. The third-order valence-corrected chi connectivity index (χ3v) is 3.83. The minimum absolute atomic E-state index is 0.119. The van der Waals surface area contributed by atoms with Crippen molar-refractivity contribution in [2.45, 2.75) is 40.5 Å². The molecule has 0 saturated carbocycles. The Labute approximate surface area is 136 Å². The van der Waals surface area contributed by atoms with Gasteiger partial charge in [0.05, 0.1) is 6.61 Å². The SMILES string of the molecule is CCCCOC(=O)c1c(C)n(-c2cccc(C)c2)c(C)cc1=O. The van der Waals surface area contributed by atoms with Gasteiger partial charge in [0.25, 0.3) is 0 Å². The van der Waals surface area contributed by atoms with Crippen molar-refractivity contribution in [1.29, 1.82) is 0 Å². The zero-order chi connectivity index (χ0) is 17.0. The van der Waals surface area contributed by atoms with Gasteiger partial charge < -0.3 is 9.30 Å². The number of ether oxygens (including phenoxy) is 1. The van der Waals surface area contributed by atoms with Gasteiger partial charge in [0.1, 0.15) is 5.56 Å². The molecule has 122 valence electrons. The highest BCUT2D eigenvalue weighted by atomic mass is 16.5. The van der Waals surface area contributed by atoms with Gasteiger partial charge in [-0.15, -0.1) is 0 Å². The van der Waals surface area contributed by atoms with E-state index in [9.17, 15) is 9.59 Å². The van der Waals surface area contributed by atoms with Crippen molar-refractivity contribution in [2.24, 2.45) is 0 Å². The second-order valence-corrected chi connectivity index (χ2v) is 5.77. The molecule has 23 heavy (non-hydrogen) atoms. The van der Waals surface area contributed by atoms with Gasteiger partial charge in [-0.3, -0.25) is 4.79 Å². The van der Waals surface area contributed by atoms with Gasteiger partial charge in [-0.05, 0) is 44.9 Å². The summed E-state index contributed by atoms with van der Waals surface area (Å²) in [4.78, 5) is 24.6. The van der Waals surface area contributed by atoms with Gasteiger partial charge >= 0.3 is 5.97 Å². The Bertz CT molecular complexity index is 775. The van der Waals surface area contributed by atoms with Crippen molar-refractivity contribution < 1.29 is 9.53 Å². The Balaban J connectivity index is 2.51. The highest BCUT2D eigenvalue weighted by Crippen LogP contribution is 2.17. The first kappa shape index (κ1) is 17.0. The van der Waals surface area contributed by atoms with Crippen LogP contribution in [0.1, 0.15) is 47.1 Å². The molecule has 0 aliphatic heterocycles. The Hall–Kier alpha value is -2.36. The van der Waals surface area contributed by atoms with Crippen LogP contribution in [0.15, 0.2) is 35.1 Å². The van der Waals surface area contributed by atoms with Crippen LogP contribution < -0.4 is 5.43 Å². The molecule has 0 spiro atoms. The molecular weight excluding hydrogens is 290 g/mol. The summed E-state index contributed by atoms with van der Waals surface area (Å²) < 4.78 is 7.15. The number of aryl methyl sites for hydroxylation is 2. The minimum Gasteiger partial charge on any atom is -0.462 e. The fourth-order valence-corrected chi connectivity index (χ4v) is 2.68. The van der Waals surface area contributed by atoms with Gasteiger partial charge in [0, 0.05) is 23.1 Å². The normalized spacial score (nSPS) is 10.6. The van der Waals surface area contributed by atoms with E-state index < -0.39 is 5.97 Å². The van der Waals surface area contributed by atoms with Crippen LogP contribution >= 0.6 is 0 Å². The van der Waals surface area contributed by atoms with Crippen LogP contribution in [-0.4, -0.2) is 17.1 Å². The summed E-state index contributed by atoms with van der Waals surface area (Å²) in [5, 5.41) is 0. The van der Waals surface area contributed by atoms with Crippen LogP contribution in [0.5, 0.6) is 0 Å². The number of hydrogen-bond acceptors (Lipinski definition) is 3. The number of pyridine rings is 1.